The summed E-state index contributed by atoms with van der Waals surface area (Å²) in [6, 6.07) is 5.69. The summed E-state index contributed by atoms with van der Waals surface area (Å²) in [6.45, 7) is 6.36. The number of benzene rings is 1. The average molecular weight is 287 g/mol. The standard InChI is InChI=1S/C17H21NO3/c1-11-5-6-15-13(8-16(19)21-17(15)12(11)2)9-18-10-14-4-3-7-20-14/h5-6,8,14,18H,3-4,7,9-10H2,1-2H3/t14-/m0/s1. The lowest BCUT2D eigenvalue weighted by atomic mass is 10.0. The van der Waals surface area contributed by atoms with Crippen molar-refractivity contribution in [3.63, 3.8) is 0 Å². The lowest BCUT2D eigenvalue weighted by molar-refractivity contribution is 0.110. The minimum atomic E-state index is -0.287. The fourth-order valence-corrected chi connectivity index (χ4v) is 2.84. The van der Waals surface area contributed by atoms with Gasteiger partial charge >= 0.3 is 5.63 Å². The van der Waals surface area contributed by atoms with Gasteiger partial charge in [-0.25, -0.2) is 4.79 Å². The molecule has 1 atom stereocenters. The lowest BCUT2D eigenvalue weighted by Gasteiger charge is -2.12. The van der Waals surface area contributed by atoms with Gasteiger partial charge in [0.25, 0.3) is 0 Å². The Kier molecular flexibility index (Phi) is 4.08. The largest absolute Gasteiger partial charge is 0.422 e. The molecule has 2 heterocycles. The maximum absolute atomic E-state index is 11.8. The zero-order valence-electron chi connectivity index (χ0n) is 12.6. The van der Waals surface area contributed by atoms with E-state index in [2.05, 4.69) is 11.4 Å². The second kappa shape index (κ2) is 6.00. The molecule has 0 unspecified atom stereocenters. The highest BCUT2D eigenvalue weighted by Crippen LogP contribution is 2.23. The van der Waals surface area contributed by atoms with Crippen LogP contribution in [0.4, 0.5) is 0 Å². The van der Waals surface area contributed by atoms with Crippen molar-refractivity contribution in [1.82, 2.24) is 5.32 Å². The highest BCUT2D eigenvalue weighted by atomic mass is 16.5. The maximum Gasteiger partial charge on any atom is 0.336 e. The molecule has 1 fully saturated rings. The Hall–Kier alpha value is -1.65. The molecule has 0 amide bonds. The Bertz CT molecular complexity index is 699. The van der Waals surface area contributed by atoms with Crippen LogP contribution in [0.15, 0.2) is 27.4 Å². The van der Waals surface area contributed by atoms with Gasteiger partial charge in [-0.05, 0) is 43.4 Å². The van der Waals surface area contributed by atoms with Crippen LogP contribution in [0.2, 0.25) is 0 Å². The van der Waals surface area contributed by atoms with Crippen LogP contribution in [-0.4, -0.2) is 19.3 Å². The molecular formula is C17H21NO3. The van der Waals surface area contributed by atoms with Crippen LogP contribution in [0, 0.1) is 13.8 Å². The van der Waals surface area contributed by atoms with Gasteiger partial charge < -0.3 is 14.5 Å². The predicted molar refractivity (Wildman–Crippen MR) is 82.6 cm³/mol. The molecule has 1 N–H and O–H groups in total. The van der Waals surface area contributed by atoms with Gasteiger partial charge in [-0.15, -0.1) is 0 Å². The minimum absolute atomic E-state index is 0.287. The molecule has 1 aliphatic rings. The Labute approximate surface area is 124 Å². The van der Waals surface area contributed by atoms with Crippen molar-refractivity contribution in [2.24, 2.45) is 0 Å². The minimum Gasteiger partial charge on any atom is -0.422 e. The van der Waals surface area contributed by atoms with Crippen molar-refractivity contribution >= 4 is 11.0 Å². The highest BCUT2D eigenvalue weighted by molar-refractivity contribution is 5.83. The third-order valence-corrected chi connectivity index (χ3v) is 4.23. The van der Waals surface area contributed by atoms with Gasteiger partial charge in [0.1, 0.15) is 5.58 Å². The summed E-state index contributed by atoms with van der Waals surface area (Å²) in [5, 5.41) is 4.40. The van der Waals surface area contributed by atoms with Crippen molar-refractivity contribution in [3.8, 4) is 0 Å². The molecule has 3 rings (SSSR count). The quantitative estimate of drug-likeness (QED) is 0.878. The summed E-state index contributed by atoms with van der Waals surface area (Å²) in [7, 11) is 0. The van der Waals surface area contributed by atoms with Gasteiger partial charge in [-0.2, -0.15) is 0 Å². The molecule has 2 aromatic rings. The molecule has 1 saturated heterocycles. The Balaban J connectivity index is 1.84. The molecule has 21 heavy (non-hydrogen) atoms. The summed E-state index contributed by atoms with van der Waals surface area (Å²) in [6.07, 6.45) is 2.56. The van der Waals surface area contributed by atoms with Crippen LogP contribution in [0.1, 0.15) is 29.5 Å². The van der Waals surface area contributed by atoms with E-state index in [9.17, 15) is 4.79 Å². The zero-order chi connectivity index (χ0) is 14.8. The molecule has 0 spiro atoms. The van der Waals surface area contributed by atoms with E-state index in [1.165, 1.54) is 0 Å². The van der Waals surface area contributed by atoms with Crippen molar-refractivity contribution < 1.29 is 9.15 Å². The first-order valence-electron chi connectivity index (χ1n) is 7.50. The third-order valence-electron chi connectivity index (χ3n) is 4.23. The summed E-state index contributed by atoms with van der Waals surface area (Å²) >= 11 is 0. The molecule has 1 aromatic heterocycles. The Morgan fingerprint density at radius 2 is 2.19 bits per heavy atom. The number of hydrogen-bond donors (Lipinski definition) is 1. The lowest BCUT2D eigenvalue weighted by Crippen LogP contribution is -2.26. The number of ether oxygens (including phenoxy) is 1. The van der Waals surface area contributed by atoms with Crippen LogP contribution >= 0.6 is 0 Å². The van der Waals surface area contributed by atoms with E-state index in [0.717, 1.165) is 48.1 Å². The number of hydrogen-bond acceptors (Lipinski definition) is 4. The smallest absolute Gasteiger partial charge is 0.336 e. The number of rotatable bonds is 4. The van der Waals surface area contributed by atoms with E-state index in [1.807, 2.05) is 19.9 Å². The number of fused-ring (bicyclic) bond motifs is 1. The second-order valence-corrected chi connectivity index (χ2v) is 5.74. The van der Waals surface area contributed by atoms with Crippen LogP contribution < -0.4 is 10.9 Å². The molecular weight excluding hydrogens is 266 g/mol. The zero-order valence-corrected chi connectivity index (χ0v) is 12.6. The van der Waals surface area contributed by atoms with Crippen LogP contribution in [0.25, 0.3) is 11.0 Å². The van der Waals surface area contributed by atoms with Crippen LogP contribution in [0.3, 0.4) is 0 Å². The Morgan fingerprint density at radius 1 is 1.33 bits per heavy atom. The fraction of sp³-hybridized carbons (Fsp3) is 0.471. The molecule has 112 valence electrons. The normalized spacial score (nSPS) is 18.5. The SMILES string of the molecule is Cc1ccc2c(CNC[C@@H]3CCCO3)cc(=O)oc2c1C. The van der Waals surface area contributed by atoms with Gasteiger partial charge in [0, 0.05) is 31.1 Å². The number of nitrogens with one attached hydrogen (secondary N) is 1. The molecule has 4 nitrogen and oxygen atoms in total. The average Bonchev–Trinajstić information content (AvgIpc) is 2.96. The van der Waals surface area contributed by atoms with Gasteiger partial charge in [-0.1, -0.05) is 12.1 Å². The van der Waals surface area contributed by atoms with E-state index >= 15 is 0 Å². The van der Waals surface area contributed by atoms with Crippen molar-refractivity contribution in [2.45, 2.75) is 39.3 Å². The first-order chi connectivity index (χ1) is 10.1. The molecule has 0 bridgehead atoms. The van der Waals surface area contributed by atoms with Gasteiger partial charge in [-0.3, -0.25) is 0 Å². The Morgan fingerprint density at radius 3 is 2.95 bits per heavy atom. The molecule has 4 heteroatoms. The number of aryl methyl sites for hydroxylation is 2. The van der Waals surface area contributed by atoms with E-state index in [-0.39, 0.29) is 5.63 Å². The van der Waals surface area contributed by atoms with E-state index in [1.54, 1.807) is 6.07 Å². The fourth-order valence-electron chi connectivity index (χ4n) is 2.84. The van der Waals surface area contributed by atoms with E-state index < -0.39 is 0 Å². The third kappa shape index (κ3) is 3.01. The summed E-state index contributed by atoms with van der Waals surface area (Å²) in [5.41, 5.74) is 3.57. The predicted octanol–water partition coefficient (Wildman–Crippen LogP) is 2.68. The van der Waals surface area contributed by atoms with Crippen LogP contribution in [-0.2, 0) is 11.3 Å². The second-order valence-electron chi connectivity index (χ2n) is 5.74. The van der Waals surface area contributed by atoms with Gasteiger partial charge in [0.2, 0.25) is 0 Å². The molecule has 1 aliphatic heterocycles. The van der Waals surface area contributed by atoms with Crippen molar-refractivity contribution in [2.75, 3.05) is 13.2 Å². The molecule has 0 saturated carbocycles. The summed E-state index contributed by atoms with van der Waals surface area (Å²) in [5.74, 6) is 0. The van der Waals surface area contributed by atoms with Gasteiger partial charge in [0.15, 0.2) is 0 Å². The molecule has 0 radical (unpaired) electrons. The monoisotopic (exact) mass is 287 g/mol. The van der Waals surface area contributed by atoms with E-state index in [4.69, 9.17) is 9.15 Å². The topological polar surface area (TPSA) is 51.5 Å². The summed E-state index contributed by atoms with van der Waals surface area (Å²) in [4.78, 5) is 11.8. The first kappa shape index (κ1) is 14.3. The summed E-state index contributed by atoms with van der Waals surface area (Å²) < 4.78 is 11.0. The first-order valence-corrected chi connectivity index (χ1v) is 7.50. The van der Waals surface area contributed by atoms with Crippen LogP contribution in [0.5, 0.6) is 0 Å². The van der Waals surface area contributed by atoms with Gasteiger partial charge in [0.05, 0.1) is 6.10 Å². The molecule has 1 aromatic carbocycles. The maximum atomic E-state index is 11.8. The van der Waals surface area contributed by atoms with Crippen molar-refractivity contribution in [1.29, 1.82) is 0 Å². The molecule has 0 aliphatic carbocycles. The van der Waals surface area contributed by atoms with E-state index in [0.29, 0.717) is 18.2 Å². The highest BCUT2D eigenvalue weighted by Gasteiger charge is 2.15. The van der Waals surface area contributed by atoms with Crippen molar-refractivity contribution in [3.05, 3.63) is 45.3 Å².